The van der Waals surface area contributed by atoms with Crippen LogP contribution in [0.3, 0.4) is 0 Å². The van der Waals surface area contributed by atoms with Gasteiger partial charge in [0, 0.05) is 51.4 Å². The minimum absolute atomic E-state index is 0. The molecule has 0 unspecified atom stereocenters. The molecule has 0 aromatic rings. The first-order chi connectivity index (χ1) is 2.56. The summed E-state index contributed by atoms with van der Waals surface area (Å²) in [5.74, 6) is 3.97. The molecule has 0 aliphatic carbocycles. The molecule has 0 aliphatic rings. The summed E-state index contributed by atoms with van der Waals surface area (Å²) >= 11 is 0. The zero-order valence-electron chi connectivity index (χ0n) is 3.66. The van der Waals surface area contributed by atoms with Crippen LogP contribution in [0, 0.1) is 0 Å². The van der Waals surface area contributed by atoms with Crippen LogP contribution in [-0.4, -0.2) is 64.4 Å². The van der Waals surface area contributed by atoms with E-state index in [9.17, 15) is 8.42 Å². The van der Waals surface area contributed by atoms with Gasteiger partial charge in [-0.15, -0.1) is 0 Å². The first kappa shape index (κ1) is 11.3. The van der Waals surface area contributed by atoms with Crippen LogP contribution < -0.4 is 5.90 Å². The van der Waals surface area contributed by atoms with Crippen LogP contribution in [0.5, 0.6) is 0 Å². The molecule has 7 heteroatoms. The fraction of sp³-hybridized carbons (Fsp3) is 0. The molecule has 0 fully saturated rings. The Balaban J connectivity index is 0. The third kappa shape index (κ3) is 11.2. The van der Waals surface area contributed by atoms with Gasteiger partial charge in [0.05, 0.1) is 0 Å². The molecule has 0 aliphatic heterocycles. The normalized spacial score (nSPS) is 10.0. The van der Waals surface area contributed by atoms with Crippen LogP contribution in [0.4, 0.5) is 0 Å². The Hall–Kier alpha value is 1.47. The third-order valence-corrected chi connectivity index (χ3v) is 0.365. The standard InChI is InChI=1S/K.H3NO4S/c;1-5-6(2,3)4/h;1H2,(H,2,3,4). The van der Waals surface area contributed by atoms with Crippen molar-refractivity contribution in [1.82, 2.24) is 0 Å². The zero-order valence-corrected chi connectivity index (χ0v) is 7.60. The van der Waals surface area contributed by atoms with Gasteiger partial charge in [0.15, 0.2) is 0 Å². The molecule has 0 rings (SSSR count). The van der Waals surface area contributed by atoms with Crippen molar-refractivity contribution in [2.75, 3.05) is 0 Å². The second-order valence-corrected chi connectivity index (χ2v) is 1.57. The molecule has 39 valence electrons. The van der Waals surface area contributed by atoms with E-state index in [1.54, 1.807) is 0 Å². The van der Waals surface area contributed by atoms with E-state index in [1.165, 1.54) is 0 Å². The maximum Gasteiger partial charge on any atom is 0.413 e. The average molecular weight is 152 g/mol. The summed E-state index contributed by atoms with van der Waals surface area (Å²) in [6.07, 6.45) is 0. The average Bonchev–Trinajstić information content (AvgIpc) is 1.35. The molecule has 0 aromatic heterocycles. The van der Waals surface area contributed by atoms with Gasteiger partial charge < -0.3 is 0 Å². The molecule has 0 heterocycles. The van der Waals surface area contributed by atoms with Crippen molar-refractivity contribution in [2.45, 2.75) is 0 Å². The molecule has 0 bridgehead atoms. The molecule has 0 saturated carbocycles. The molecule has 5 nitrogen and oxygen atoms in total. The van der Waals surface area contributed by atoms with Crippen molar-refractivity contribution in [3.8, 4) is 0 Å². The Morgan fingerprint density at radius 1 is 1.57 bits per heavy atom. The van der Waals surface area contributed by atoms with E-state index in [4.69, 9.17) is 4.55 Å². The van der Waals surface area contributed by atoms with E-state index < -0.39 is 10.4 Å². The van der Waals surface area contributed by atoms with E-state index >= 15 is 0 Å². The van der Waals surface area contributed by atoms with Crippen LogP contribution in [-0.2, 0) is 14.7 Å². The molecule has 0 spiro atoms. The molecular weight excluding hydrogens is 149 g/mol. The molecule has 0 aromatic carbocycles. The summed E-state index contributed by atoms with van der Waals surface area (Å²) in [6.45, 7) is 0. The van der Waals surface area contributed by atoms with Crippen LogP contribution in [0.25, 0.3) is 0 Å². The van der Waals surface area contributed by atoms with Crippen LogP contribution in [0.15, 0.2) is 0 Å². The van der Waals surface area contributed by atoms with E-state index in [0.717, 1.165) is 0 Å². The van der Waals surface area contributed by atoms with Gasteiger partial charge in [-0.2, -0.15) is 18.6 Å². The van der Waals surface area contributed by atoms with E-state index in [1.807, 2.05) is 0 Å². The Morgan fingerprint density at radius 3 is 1.71 bits per heavy atom. The summed E-state index contributed by atoms with van der Waals surface area (Å²) in [7, 11) is -4.38. The fourth-order valence-corrected chi connectivity index (χ4v) is 0. The Labute approximate surface area is 83.5 Å². The number of nitrogens with two attached hydrogens (primary N) is 1. The minimum Gasteiger partial charge on any atom is -0.262 e. The Kier molecular flexibility index (Phi) is 7.02. The topological polar surface area (TPSA) is 89.6 Å². The first-order valence-corrected chi connectivity index (χ1v) is 2.28. The predicted octanol–water partition coefficient (Wildman–Crippen LogP) is -1.70. The summed E-state index contributed by atoms with van der Waals surface area (Å²) in [5, 5.41) is 0. The number of hydrogen-bond acceptors (Lipinski definition) is 4. The smallest absolute Gasteiger partial charge is 0.262 e. The van der Waals surface area contributed by atoms with E-state index in [2.05, 4.69) is 10.2 Å². The zero-order chi connectivity index (χ0) is 5.21. The van der Waals surface area contributed by atoms with Gasteiger partial charge in [0.2, 0.25) is 0 Å². The SMILES string of the molecule is NOS(=O)(=O)O.[K]. The quantitative estimate of drug-likeness (QED) is 0.265. The van der Waals surface area contributed by atoms with Crippen LogP contribution in [0.2, 0.25) is 0 Å². The molecule has 0 atom stereocenters. The van der Waals surface area contributed by atoms with Gasteiger partial charge in [-0.05, 0) is 0 Å². The Morgan fingerprint density at radius 2 is 1.71 bits per heavy atom. The summed E-state index contributed by atoms with van der Waals surface area (Å²) in [6, 6.07) is 0. The minimum atomic E-state index is -4.38. The fourth-order valence-electron chi connectivity index (χ4n) is 0. The largest absolute Gasteiger partial charge is 0.413 e. The van der Waals surface area contributed by atoms with Crippen molar-refractivity contribution < 1.29 is 17.3 Å². The molecule has 0 amide bonds. The van der Waals surface area contributed by atoms with Gasteiger partial charge in [0.25, 0.3) is 0 Å². The molecule has 7 heavy (non-hydrogen) atoms. The molecule has 1 radical (unpaired) electrons. The van der Waals surface area contributed by atoms with Gasteiger partial charge in [-0.1, -0.05) is 0 Å². The van der Waals surface area contributed by atoms with Crippen molar-refractivity contribution in [1.29, 1.82) is 0 Å². The summed E-state index contributed by atoms with van der Waals surface area (Å²) in [5.41, 5.74) is 0. The van der Waals surface area contributed by atoms with Crippen molar-refractivity contribution >= 4 is 61.8 Å². The van der Waals surface area contributed by atoms with Crippen molar-refractivity contribution in [2.24, 2.45) is 5.90 Å². The maximum absolute atomic E-state index is 9.21. The number of hydrogen-bond donors (Lipinski definition) is 2. The van der Waals surface area contributed by atoms with Crippen molar-refractivity contribution in [3.63, 3.8) is 0 Å². The monoisotopic (exact) mass is 152 g/mol. The van der Waals surface area contributed by atoms with Gasteiger partial charge >= 0.3 is 10.4 Å². The van der Waals surface area contributed by atoms with E-state index in [0.29, 0.717) is 0 Å². The second-order valence-electron chi connectivity index (χ2n) is 0.524. The van der Waals surface area contributed by atoms with Gasteiger partial charge in [0.1, 0.15) is 0 Å². The van der Waals surface area contributed by atoms with E-state index in [-0.39, 0.29) is 51.4 Å². The van der Waals surface area contributed by atoms with Crippen LogP contribution in [0.1, 0.15) is 0 Å². The van der Waals surface area contributed by atoms with Gasteiger partial charge in [-0.25, -0.2) is 0 Å². The molecule has 3 N–H and O–H groups in total. The molecular formula is H3KNO4S. The van der Waals surface area contributed by atoms with Crippen molar-refractivity contribution in [3.05, 3.63) is 0 Å². The number of rotatable bonds is 1. The van der Waals surface area contributed by atoms with Gasteiger partial charge in [-0.3, -0.25) is 4.55 Å². The predicted molar refractivity (Wildman–Crippen MR) is 22.6 cm³/mol. The summed E-state index contributed by atoms with van der Waals surface area (Å²) < 4.78 is 28.8. The maximum atomic E-state index is 9.21. The Bertz CT molecular complexity index is 114. The third-order valence-electron chi connectivity index (χ3n) is 0.122. The molecule has 0 saturated heterocycles. The second kappa shape index (κ2) is 4.36. The summed E-state index contributed by atoms with van der Waals surface area (Å²) in [4.78, 5) is 0. The first-order valence-electron chi connectivity index (χ1n) is 0.918. The van der Waals surface area contributed by atoms with Crippen LogP contribution >= 0.6 is 0 Å².